The molecule has 1 N–H and O–H groups in total. The quantitative estimate of drug-likeness (QED) is 0.490. The third-order valence-electron chi connectivity index (χ3n) is 5.88. The molecule has 0 aliphatic carbocycles. The van der Waals surface area contributed by atoms with Crippen molar-refractivity contribution in [2.24, 2.45) is 0 Å². The molecule has 3 rings (SSSR count). The molecule has 0 spiro atoms. The number of benzene rings is 2. The van der Waals surface area contributed by atoms with Crippen molar-refractivity contribution in [3.05, 3.63) is 47.5 Å². The fourth-order valence-electron chi connectivity index (χ4n) is 3.98. The molecule has 0 atom stereocenters. The van der Waals surface area contributed by atoms with E-state index in [2.05, 4.69) is 4.72 Å². The number of nitrogens with one attached hydrogen (secondary N) is 1. The van der Waals surface area contributed by atoms with Gasteiger partial charge in [-0.25, -0.2) is 21.6 Å². The average Bonchev–Trinajstić information content (AvgIpc) is 2.82. The van der Waals surface area contributed by atoms with Crippen LogP contribution in [0, 0.1) is 6.92 Å². The molecule has 0 amide bonds. The molecule has 2 aromatic rings. The van der Waals surface area contributed by atoms with Gasteiger partial charge in [0.25, 0.3) is 0 Å². The minimum Gasteiger partial charge on any atom is -0.496 e. The highest BCUT2D eigenvalue weighted by Gasteiger charge is 2.26. The van der Waals surface area contributed by atoms with Crippen LogP contribution in [0.4, 0.5) is 0 Å². The SMILES string of the molecule is COc1cc(C)c(S(=O)(=O)NCCOc2ccc(S(=O)(=O)N3CCCCC3)cc2)cc1C(C)C. The molecule has 8 nitrogen and oxygen atoms in total. The summed E-state index contributed by atoms with van der Waals surface area (Å²) in [5, 5.41) is 0. The minimum atomic E-state index is -3.74. The van der Waals surface area contributed by atoms with Crippen molar-refractivity contribution in [3.63, 3.8) is 0 Å². The number of piperidine rings is 1. The van der Waals surface area contributed by atoms with Crippen molar-refractivity contribution in [1.82, 2.24) is 9.03 Å². The Morgan fingerprint density at radius 3 is 2.24 bits per heavy atom. The van der Waals surface area contributed by atoms with Crippen molar-refractivity contribution in [1.29, 1.82) is 0 Å². The Balaban J connectivity index is 1.59. The standard InChI is InChI=1S/C24H34N2O6S2/c1-18(2)22-17-24(19(3)16-23(22)31-4)33(27,28)25-12-15-32-20-8-10-21(11-9-20)34(29,30)26-13-6-5-7-14-26/h8-11,16-18,25H,5-7,12-15H2,1-4H3. The molecule has 188 valence electrons. The maximum Gasteiger partial charge on any atom is 0.243 e. The van der Waals surface area contributed by atoms with E-state index in [1.807, 2.05) is 13.8 Å². The Bertz CT molecular complexity index is 1190. The zero-order valence-electron chi connectivity index (χ0n) is 20.2. The summed E-state index contributed by atoms with van der Waals surface area (Å²) in [5.74, 6) is 1.24. The minimum absolute atomic E-state index is 0.0681. The van der Waals surface area contributed by atoms with Gasteiger partial charge < -0.3 is 9.47 Å². The first-order chi connectivity index (χ1) is 16.1. The third kappa shape index (κ3) is 6.10. The molecule has 1 aliphatic heterocycles. The highest BCUT2D eigenvalue weighted by Crippen LogP contribution is 2.31. The summed E-state index contributed by atoms with van der Waals surface area (Å²) in [4.78, 5) is 0.447. The van der Waals surface area contributed by atoms with E-state index in [0.29, 0.717) is 30.2 Å². The Labute approximate surface area is 203 Å². The maximum absolute atomic E-state index is 12.9. The van der Waals surface area contributed by atoms with E-state index >= 15 is 0 Å². The van der Waals surface area contributed by atoms with Crippen LogP contribution in [-0.2, 0) is 20.0 Å². The lowest BCUT2D eigenvalue weighted by Crippen LogP contribution is -2.35. The fourth-order valence-corrected chi connectivity index (χ4v) is 6.77. The fraction of sp³-hybridized carbons (Fsp3) is 0.500. The van der Waals surface area contributed by atoms with E-state index in [-0.39, 0.29) is 28.9 Å². The summed E-state index contributed by atoms with van der Waals surface area (Å²) in [7, 11) is -5.66. The lowest BCUT2D eigenvalue weighted by Gasteiger charge is -2.25. The summed E-state index contributed by atoms with van der Waals surface area (Å²) in [5.41, 5.74) is 1.42. The molecule has 0 unspecified atom stereocenters. The van der Waals surface area contributed by atoms with Gasteiger partial charge in [-0.05, 0) is 73.2 Å². The van der Waals surface area contributed by atoms with Crippen LogP contribution in [0.1, 0.15) is 50.2 Å². The van der Waals surface area contributed by atoms with E-state index in [4.69, 9.17) is 9.47 Å². The Kier molecular flexibility index (Phi) is 8.62. The number of sulfonamides is 2. The molecule has 10 heteroatoms. The molecule has 0 saturated carbocycles. The molecular weight excluding hydrogens is 476 g/mol. The summed E-state index contributed by atoms with van der Waals surface area (Å²) in [6, 6.07) is 9.63. The van der Waals surface area contributed by atoms with E-state index in [1.165, 1.54) is 16.4 Å². The Morgan fingerprint density at radius 2 is 1.65 bits per heavy atom. The molecule has 1 heterocycles. The van der Waals surface area contributed by atoms with Crippen molar-refractivity contribution < 1.29 is 26.3 Å². The predicted octanol–water partition coefficient (Wildman–Crippen LogP) is 3.66. The second-order valence-corrected chi connectivity index (χ2v) is 12.4. The Morgan fingerprint density at radius 1 is 1.00 bits per heavy atom. The summed E-state index contributed by atoms with van der Waals surface area (Å²) < 4.78 is 66.3. The molecule has 1 saturated heterocycles. The molecule has 1 fully saturated rings. The van der Waals surface area contributed by atoms with Gasteiger partial charge in [-0.1, -0.05) is 20.3 Å². The second-order valence-electron chi connectivity index (χ2n) is 8.70. The van der Waals surface area contributed by atoms with E-state index < -0.39 is 20.0 Å². The summed E-state index contributed by atoms with van der Waals surface area (Å²) in [6.45, 7) is 6.96. The molecular formula is C24H34N2O6S2. The largest absolute Gasteiger partial charge is 0.496 e. The van der Waals surface area contributed by atoms with Crippen LogP contribution in [0.25, 0.3) is 0 Å². The summed E-state index contributed by atoms with van der Waals surface area (Å²) in [6.07, 6.45) is 2.82. The topological polar surface area (TPSA) is 102 Å². The van der Waals surface area contributed by atoms with Crippen LogP contribution in [0.5, 0.6) is 11.5 Å². The number of rotatable bonds is 10. The van der Waals surface area contributed by atoms with Crippen molar-refractivity contribution in [2.45, 2.75) is 55.7 Å². The van der Waals surface area contributed by atoms with Crippen LogP contribution in [0.2, 0.25) is 0 Å². The van der Waals surface area contributed by atoms with Crippen LogP contribution in [0.15, 0.2) is 46.2 Å². The smallest absolute Gasteiger partial charge is 0.243 e. The maximum atomic E-state index is 12.9. The van der Waals surface area contributed by atoms with Gasteiger partial charge in [-0.2, -0.15) is 4.31 Å². The van der Waals surface area contributed by atoms with Gasteiger partial charge in [0.15, 0.2) is 0 Å². The van der Waals surface area contributed by atoms with Gasteiger partial charge in [0.05, 0.1) is 16.9 Å². The van der Waals surface area contributed by atoms with Gasteiger partial charge >= 0.3 is 0 Å². The zero-order valence-corrected chi connectivity index (χ0v) is 21.8. The molecule has 0 aromatic heterocycles. The van der Waals surface area contributed by atoms with Crippen molar-refractivity contribution >= 4 is 20.0 Å². The highest BCUT2D eigenvalue weighted by molar-refractivity contribution is 7.89. The first-order valence-corrected chi connectivity index (χ1v) is 14.4. The number of nitrogens with zero attached hydrogens (tertiary/aromatic N) is 1. The van der Waals surface area contributed by atoms with Crippen LogP contribution < -0.4 is 14.2 Å². The summed E-state index contributed by atoms with van der Waals surface area (Å²) >= 11 is 0. The van der Waals surface area contributed by atoms with Gasteiger partial charge in [0.2, 0.25) is 20.0 Å². The van der Waals surface area contributed by atoms with Gasteiger partial charge in [0, 0.05) is 19.6 Å². The molecule has 2 aromatic carbocycles. The predicted molar refractivity (Wildman–Crippen MR) is 132 cm³/mol. The van der Waals surface area contributed by atoms with Gasteiger partial charge in [0.1, 0.15) is 18.1 Å². The average molecular weight is 511 g/mol. The number of ether oxygens (including phenoxy) is 2. The molecule has 1 aliphatic rings. The number of aryl methyl sites for hydroxylation is 1. The van der Waals surface area contributed by atoms with E-state index in [9.17, 15) is 16.8 Å². The van der Waals surface area contributed by atoms with E-state index in [0.717, 1.165) is 24.8 Å². The highest BCUT2D eigenvalue weighted by atomic mass is 32.2. The normalized spacial score (nSPS) is 15.4. The number of methoxy groups -OCH3 is 1. The molecule has 0 bridgehead atoms. The van der Waals surface area contributed by atoms with Crippen LogP contribution >= 0.6 is 0 Å². The number of hydrogen-bond acceptors (Lipinski definition) is 6. The van der Waals surface area contributed by atoms with Gasteiger partial charge in [-0.3, -0.25) is 0 Å². The second kappa shape index (κ2) is 11.1. The van der Waals surface area contributed by atoms with E-state index in [1.54, 1.807) is 38.3 Å². The van der Waals surface area contributed by atoms with Crippen molar-refractivity contribution in [2.75, 3.05) is 33.4 Å². The molecule has 0 radical (unpaired) electrons. The van der Waals surface area contributed by atoms with Crippen LogP contribution in [0.3, 0.4) is 0 Å². The third-order valence-corrected chi connectivity index (χ3v) is 9.39. The van der Waals surface area contributed by atoms with Gasteiger partial charge in [-0.15, -0.1) is 0 Å². The first kappa shape index (κ1) is 26.5. The van der Waals surface area contributed by atoms with Crippen molar-refractivity contribution in [3.8, 4) is 11.5 Å². The lowest BCUT2D eigenvalue weighted by atomic mass is 10.0. The molecule has 34 heavy (non-hydrogen) atoms. The lowest BCUT2D eigenvalue weighted by molar-refractivity contribution is 0.322. The first-order valence-electron chi connectivity index (χ1n) is 11.5. The Hall–Kier alpha value is -2.14. The number of hydrogen-bond donors (Lipinski definition) is 1. The monoisotopic (exact) mass is 510 g/mol. The zero-order chi connectivity index (χ0) is 24.9. The van der Waals surface area contributed by atoms with Crippen LogP contribution in [-0.4, -0.2) is 54.5 Å².